The van der Waals surface area contributed by atoms with E-state index in [1.165, 1.54) is 0 Å². The largest absolute Gasteiger partial charge is 0.353 e. The lowest BCUT2D eigenvalue weighted by Crippen LogP contribution is -2.45. The van der Waals surface area contributed by atoms with Crippen molar-refractivity contribution in [3.05, 3.63) is 17.0 Å². The molecule has 2 rings (SSSR count). The standard InChI is InChI=1S/C15H24F2N4O/c1-9-12(10(2)21(20-9)15(16)17)7-14(22)19-13-6-4-3-5-11(13)8-18/h11,13,15H,3-8,18H2,1-2H3,(H,19,22). The molecule has 124 valence electrons. The Labute approximate surface area is 129 Å². The van der Waals surface area contributed by atoms with Crippen LogP contribution in [0.3, 0.4) is 0 Å². The molecular formula is C15H24F2N4O. The first-order chi connectivity index (χ1) is 10.4. The van der Waals surface area contributed by atoms with Gasteiger partial charge in [-0.15, -0.1) is 0 Å². The second-order valence-electron chi connectivity index (χ2n) is 6.00. The third-order valence-electron chi connectivity index (χ3n) is 4.56. The Hall–Kier alpha value is -1.50. The molecule has 7 heteroatoms. The minimum absolute atomic E-state index is 0.0815. The lowest BCUT2D eigenvalue weighted by molar-refractivity contribution is -0.121. The number of rotatable bonds is 5. The topological polar surface area (TPSA) is 72.9 Å². The first-order valence-electron chi connectivity index (χ1n) is 7.76. The zero-order valence-electron chi connectivity index (χ0n) is 13.1. The lowest BCUT2D eigenvalue weighted by atomic mass is 9.84. The minimum atomic E-state index is -2.68. The van der Waals surface area contributed by atoms with E-state index in [0.29, 0.717) is 34.1 Å². The lowest BCUT2D eigenvalue weighted by Gasteiger charge is -2.31. The molecule has 2 unspecified atom stereocenters. The monoisotopic (exact) mass is 314 g/mol. The highest BCUT2D eigenvalue weighted by Gasteiger charge is 2.26. The average molecular weight is 314 g/mol. The molecule has 1 saturated carbocycles. The molecule has 1 heterocycles. The van der Waals surface area contributed by atoms with Crippen LogP contribution in [-0.2, 0) is 11.2 Å². The maximum Gasteiger partial charge on any atom is 0.333 e. The Morgan fingerprint density at radius 3 is 2.68 bits per heavy atom. The number of hydrogen-bond donors (Lipinski definition) is 2. The summed E-state index contributed by atoms with van der Waals surface area (Å²) < 4.78 is 26.3. The maximum atomic E-state index is 12.8. The summed E-state index contributed by atoms with van der Waals surface area (Å²) in [5.74, 6) is 0.161. The van der Waals surface area contributed by atoms with Gasteiger partial charge in [-0.2, -0.15) is 13.9 Å². The molecule has 1 aliphatic rings. The van der Waals surface area contributed by atoms with Crippen LogP contribution in [0.15, 0.2) is 0 Å². The molecule has 1 aromatic rings. The number of nitrogens with two attached hydrogens (primary N) is 1. The Morgan fingerprint density at radius 2 is 2.09 bits per heavy atom. The van der Waals surface area contributed by atoms with E-state index in [-0.39, 0.29) is 18.4 Å². The molecular weight excluding hydrogens is 290 g/mol. The number of halogens is 2. The molecule has 0 aliphatic heterocycles. The number of nitrogens with zero attached hydrogens (tertiary/aromatic N) is 2. The van der Waals surface area contributed by atoms with E-state index in [2.05, 4.69) is 10.4 Å². The van der Waals surface area contributed by atoms with E-state index in [0.717, 1.165) is 25.7 Å². The van der Waals surface area contributed by atoms with Gasteiger partial charge >= 0.3 is 6.55 Å². The fourth-order valence-electron chi connectivity index (χ4n) is 3.24. The molecule has 1 amide bonds. The molecule has 0 aromatic carbocycles. The second-order valence-corrected chi connectivity index (χ2v) is 6.00. The summed E-state index contributed by atoms with van der Waals surface area (Å²) in [6.45, 7) is 1.10. The van der Waals surface area contributed by atoms with Crippen LogP contribution in [0.2, 0.25) is 0 Å². The summed E-state index contributed by atoms with van der Waals surface area (Å²) in [5.41, 5.74) is 7.17. The van der Waals surface area contributed by atoms with Crippen molar-refractivity contribution >= 4 is 5.91 Å². The third kappa shape index (κ3) is 3.63. The van der Waals surface area contributed by atoms with Crippen molar-refractivity contribution in [2.24, 2.45) is 11.7 Å². The number of carbonyl (C=O) groups is 1. The van der Waals surface area contributed by atoms with E-state index >= 15 is 0 Å². The number of hydrogen-bond acceptors (Lipinski definition) is 3. The molecule has 3 N–H and O–H groups in total. The Morgan fingerprint density at radius 1 is 1.41 bits per heavy atom. The van der Waals surface area contributed by atoms with Gasteiger partial charge in [0.25, 0.3) is 0 Å². The molecule has 0 radical (unpaired) electrons. The fraction of sp³-hybridized carbons (Fsp3) is 0.733. The average Bonchev–Trinajstić information content (AvgIpc) is 2.76. The summed E-state index contributed by atoms with van der Waals surface area (Å²) in [7, 11) is 0. The predicted molar refractivity (Wildman–Crippen MR) is 79.6 cm³/mol. The highest BCUT2D eigenvalue weighted by molar-refractivity contribution is 5.79. The number of aromatic nitrogens is 2. The van der Waals surface area contributed by atoms with Crippen LogP contribution >= 0.6 is 0 Å². The Bertz CT molecular complexity index is 530. The third-order valence-corrected chi connectivity index (χ3v) is 4.56. The molecule has 0 spiro atoms. The van der Waals surface area contributed by atoms with Gasteiger partial charge in [0.2, 0.25) is 5.91 Å². The molecule has 0 bridgehead atoms. The van der Waals surface area contributed by atoms with Crippen molar-refractivity contribution in [2.75, 3.05) is 6.54 Å². The number of amides is 1. The van der Waals surface area contributed by atoms with Crippen molar-refractivity contribution in [1.29, 1.82) is 0 Å². The Kier molecular flexibility index (Phi) is 5.50. The van der Waals surface area contributed by atoms with Gasteiger partial charge in [-0.3, -0.25) is 4.79 Å². The van der Waals surface area contributed by atoms with Gasteiger partial charge in [0, 0.05) is 17.3 Å². The van der Waals surface area contributed by atoms with Gasteiger partial charge in [-0.1, -0.05) is 12.8 Å². The number of alkyl halides is 2. The minimum Gasteiger partial charge on any atom is -0.353 e. The maximum absolute atomic E-state index is 12.8. The van der Waals surface area contributed by atoms with Gasteiger partial charge in [0.05, 0.1) is 12.1 Å². The summed E-state index contributed by atoms with van der Waals surface area (Å²) in [5, 5.41) is 6.83. The SMILES string of the molecule is Cc1nn(C(F)F)c(C)c1CC(=O)NC1CCCCC1CN. The van der Waals surface area contributed by atoms with E-state index in [9.17, 15) is 13.6 Å². The molecule has 5 nitrogen and oxygen atoms in total. The van der Waals surface area contributed by atoms with Gasteiger partial charge in [-0.05, 0) is 39.2 Å². The number of nitrogens with one attached hydrogen (secondary N) is 1. The Balaban J connectivity index is 2.03. The summed E-state index contributed by atoms with van der Waals surface area (Å²) in [6, 6.07) is 0.0944. The van der Waals surface area contributed by atoms with Crippen LogP contribution in [0.4, 0.5) is 8.78 Å². The molecule has 2 atom stereocenters. The van der Waals surface area contributed by atoms with Crippen LogP contribution in [0.5, 0.6) is 0 Å². The van der Waals surface area contributed by atoms with Crippen LogP contribution in [-0.4, -0.2) is 28.3 Å². The van der Waals surface area contributed by atoms with E-state index < -0.39 is 6.55 Å². The summed E-state index contributed by atoms with van der Waals surface area (Å²) in [6.07, 6.45) is 4.28. The van der Waals surface area contributed by atoms with Gasteiger partial charge in [-0.25, -0.2) is 4.68 Å². The van der Waals surface area contributed by atoms with Crippen molar-refractivity contribution in [1.82, 2.24) is 15.1 Å². The molecule has 22 heavy (non-hydrogen) atoms. The highest BCUT2D eigenvalue weighted by atomic mass is 19.3. The van der Waals surface area contributed by atoms with Crippen LogP contribution < -0.4 is 11.1 Å². The van der Waals surface area contributed by atoms with Gasteiger partial charge in [0.15, 0.2) is 0 Å². The summed E-state index contributed by atoms with van der Waals surface area (Å²) in [4.78, 5) is 12.2. The van der Waals surface area contributed by atoms with Gasteiger partial charge < -0.3 is 11.1 Å². The van der Waals surface area contributed by atoms with Crippen LogP contribution in [0.25, 0.3) is 0 Å². The smallest absolute Gasteiger partial charge is 0.333 e. The molecule has 1 aliphatic carbocycles. The van der Waals surface area contributed by atoms with E-state index in [1.807, 2.05) is 0 Å². The fourth-order valence-corrected chi connectivity index (χ4v) is 3.24. The van der Waals surface area contributed by atoms with E-state index in [1.54, 1.807) is 13.8 Å². The van der Waals surface area contributed by atoms with Crippen LogP contribution in [0.1, 0.15) is 49.2 Å². The second kappa shape index (κ2) is 7.17. The van der Waals surface area contributed by atoms with Crippen LogP contribution in [0, 0.1) is 19.8 Å². The van der Waals surface area contributed by atoms with E-state index in [4.69, 9.17) is 5.73 Å². The molecule has 1 fully saturated rings. The number of carbonyl (C=O) groups excluding carboxylic acids is 1. The van der Waals surface area contributed by atoms with Crippen molar-refractivity contribution in [3.63, 3.8) is 0 Å². The zero-order chi connectivity index (χ0) is 16.3. The summed E-state index contributed by atoms with van der Waals surface area (Å²) >= 11 is 0. The highest BCUT2D eigenvalue weighted by Crippen LogP contribution is 2.24. The van der Waals surface area contributed by atoms with Crippen molar-refractivity contribution in [2.45, 2.75) is 58.5 Å². The van der Waals surface area contributed by atoms with Crippen molar-refractivity contribution in [3.8, 4) is 0 Å². The van der Waals surface area contributed by atoms with Gasteiger partial charge in [0.1, 0.15) is 0 Å². The first-order valence-corrected chi connectivity index (χ1v) is 7.76. The molecule has 0 saturated heterocycles. The van der Waals surface area contributed by atoms with Crippen molar-refractivity contribution < 1.29 is 13.6 Å². The molecule has 1 aromatic heterocycles. The zero-order valence-corrected chi connectivity index (χ0v) is 13.1. The predicted octanol–water partition coefficient (Wildman–Crippen LogP) is 2.07. The number of aryl methyl sites for hydroxylation is 1. The normalized spacial score (nSPS) is 22.1. The first kappa shape index (κ1) is 16.9. The quantitative estimate of drug-likeness (QED) is 0.874.